The number of nitrogens with two attached hydrogens (primary N) is 1. The molecule has 0 saturated heterocycles. The summed E-state index contributed by atoms with van der Waals surface area (Å²) in [7, 11) is -2.99. The lowest BCUT2D eigenvalue weighted by Crippen LogP contribution is -2.11. The van der Waals surface area contributed by atoms with Crippen molar-refractivity contribution in [3.05, 3.63) is 30.6 Å². The molecule has 2 rings (SSSR count). The largest absolute Gasteiger partial charge is 0.399 e. The molecule has 0 aliphatic rings. The molecule has 0 atom stereocenters. The zero-order valence-electron chi connectivity index (χ0n) is 9.94. The fourth-order valence-corrected chi connectivity index (χ4v) is 1.99. The van der Waals surface area contributed by atoms with Gasteiger partial charge in [-0.25, -0.2) is 13.4 Å². The number of rotatable bonds is 4. The Balaban J connectivity index is 2.16. The van der Waals surface area contributed by atoms with E-state index in [9.17, 15) is 8.42 Å². The Hall–Kier alpha value is -1.89. The molecule has 0 bridgehead atoms. The molecule has 2 N–H and O–H groups in total. The van der Waals surface area contributed by atoms with Crippen molar-refractivity contribution >= 4 is 15.5 Å². The van der Waals surface area contributed by atoms with E-state index in [4.69, 9.17) is 5.73 Å². The summed E-state index contributed by atoms with van der Waals surface area (Å²) in [5, 5.41) is 4.21. The van der Waals surface area contributed by atoms with Crippen molar-refractivity contribution in [3.8, 4) is 11.4 Å². The molecule has 1 aromatic carbocycles. The number of sulfone groups is 1. The van der Waals surface area contributed by atoms with Gasteiger partial charge in [-0.15, -0.1) is 0 Å². The Labute approximate surface area is 105 Å². The minimum absolute atomic E-state index is 0.0483. The number of aromatic nitrogens is 3. The van der Waals surface area contributed by atoms with Gasteiger partial charge in [0.15, 0.2) is 5.82 Å². The standard InChI is InChI=1S/C11H14N4O2S/c1-18(16,17)6-5-15-8-13-11(14-15)9-3-2-4-10(12)7-9/h2-4,7-8H,5-6,12H2,1H3. The quantitative estimate of drug-likeness (QED) is 0.817. The molecule has 0 amide bonds. The fraction of sp³-hybridized carbons (Fsp3) is 0.273. The van der Waals surface area contributed by atoms with Crippen LogP contribution in [0.5, 0.6) is 0 Å². The molecule has 0 fully saturated rings. The predicted octanol–water partition coefficient (Wildman–Crippen LogP) is 0.572. The van der Waals surface area contributed by atoms with Gasteiger partial charge in [0.05, 0.1) is 12.3 Å². The average molecular weight is 266 g/mol. The topological polar surface area (TPSA) is 90.9 Å². The van der Waals surface area contributed by atoms with Crippen molar-refractivity contribution in [2.45, 2.75) is 6.54 Å². The smallest absolute Gasteiger partial charge is 0.181 e. The summed E-state index contributed by atoms with van der Waals surface area (Å²) >= 11 is 0. The molecule has 6 nitrogen and oxygen atoms in total. The maximum atomic E-state index is 11.0. The van der Waals surface area contributed by atoms with Crippen LogP contribution in [-0.2, 0) is 16.4 Å². The first-order valence-electron chi connectivity index (χ1n) is 5.37. The van der Waals surface area contributed by atoms with Gasteiger partial charge in [0.1, 0.15) is 16.2 Å². The van der Waals surface area contributed by atoms with Gasteiger partial charge in [-0.1, -0.05) is 12.1 Å². The van der Waals surface area contributed by atoms with Gasteiger partial charge in [0, 0.05) is 17.5 Å². The highest BCUT2D eigenvalue weighted by Gasteiger charge is 2.07. The molecule has 2 aromatic rings. The summed E-state index contributed by atoms with van der Waals surface area (Å²) in [6.07, 6.45) is 2.71. The van der Waals surface area contributed by atoms with Crippen molar-refractivity contribution in [1.29, 1.82) is 0 Å². The van der Waals surface area contributed by atoms with Gasteiger partial charge in [-0.3, -0.25) is 4.68 Å². The Morgan fingerprint density at radius 1 is 1.39 bits per heavy atom. The first kappa shape index (κ1) is 12.6. The lowest BCUT2D eigenvalue weighted by atomic mass is 10.2. The monoisotopic (exact) mass is 266 g/mol. The Bertz CT molecular complexity index is 649. The summed E-state index contributed by atoms with van der Waals surface area (Å²) in [6.45, 7) is 0.300. The van der Waals surface area contributed by atoms with E-state index >= 15 is 0 Å². The Kier molecular flexibility index (Phi) is 3.33. The molecule has 1 heterocycles. The molecule has 0 spiro atoms. The van der Waals surface area contributed by atoms with Crippen LogP contribution in [0.3, 0.4) is 0 Å². The van der Waals surface area contributed by atoms with E-state index < -0.39 is 9.84 Å². The van der Waals surface area contributed by atoms with Crippen LogP contribution >= 0.6 is 0 Å². The molecule has 0 unspecified atom stereocenters. The van der Waals surface area contributed by atoms with E-state index in [1.54, 1.807) is 12.1 Å². The van der Waals surface area contributed by atoms with E-state index in [1.807, 2.05) is 12.1 Å². The van der Waals surface area contributed by atoms with Crippen LogP contribution in [0.2, 0.25) is 0 Å². The highest BCUT2D eigenvalue weighted by molar-refractivity contribution is 7.90. The minimum atomic E-state index is -2.99. The lowest BCUT2D eigenvalue weighted by Gasteiger charge is -1.99. The molecule has 0 saturated carbocycles. The second-order valence-corrected chi connectivity index (χ2v) is 6.35. The van der Waals surface area contributed by atoms with Gasteiger partial charge in [-0.05, 0) is 12.1 Å². The molecule has 0 aliphatic heterocycles. The second kappa shape index (κ2) is 4.77. The molecular formula is C11H14N4O2S. The molecule has 1 aromatic heterocycles. The summed E-state index contributed by atoms with van der Waals surface area (Å²) in [5.74, 6) is 0.586. The fourth-order valence-electron chi connectivity index (χ4n) is 1.47. The third-order valence-corrected chi connectivity index (χ3v) is 3.30. The van der Waals surface area contributed by atoms with Gasteiger partial charge in [0.25, 0.3) is 0 Å². The third kappa shape index (κ3) is 3.30. The SMILES string of the molecule is CS(=O)(=O)CCn1cnc(-c2cccc(N)c2)n1. The van der Waals surface area contributed by atoms with Crippen molar-refractivity contribution in [1.82, 2.24) is 14.8 Å². The predicted molar refractivity (Wildman–Crippen MR) is 69.6 cm³/mol. The van der Waals surface area contributed by atoms with Crippen molar-refractivity contribution in [2.75, 3.05) is 17.7 Å². The molecule has 0 radical (unpaired) electrons. The molecule has 0 aliphatic carbocycles. The highest BCUT2D eigenvalue weighted by atomic mass is 32.2. The van der Waals surface area contributed by atoms with E-state index in [2.05, 4.69) is 10.1 Å². The number of nitrogens with zero attached hydrogens (tertiary/aromatic N) is 3. The maximum Gasteiger partial charge on any atom is 0.181 e. The van der Waals surface area contributed by atoms with Crippen LogP contribution in [0, 0.1) is 0 Å². The number of benzene rings is 1. The van der Waals surface area contributed by atoms with Crippen LogP contribution in [-0.4, -0.2) is 35.2 Å². The number of hydrogen-bond acceptors (Lipinski definition) is 5. The van der Waals surface area contributed by atoms with Crippen LogP contribution in [0.1, 0.15) is 0 Å². The van der Waals surface area contributed by atoms with Crippen LogP contribution in [0.25, 0.3) is 11.4 Å². The number of aryl methyl sites for hydroxylation is 1. The van der Waals surface area contributed by atoms with Crippen molar-refractivity contribution < 1.29 is 8.42 Å². The summed E-state index contributed by atoms with van der Waals surface area (Å²) in [4.78, 5) is 4.13. The summed E-state index contributed by atoms with van der Waals surface area (Å²) in [6, 6.07) is 7.23. The third-order valence-electron chi connectivity index (χ3n) is 2.37. The van der Waals surface area contributed by atoms with Gasteiger partial charge in [0.2, 0.25) is 0 Å². The molecule has 18 heavy (non-hydrogen) atoms. The van der Waals surface area contributed by atoms with Gasteiger partial charge in [-0.2, -0.15) is 5.10 Å². The van der Waals surface area contributed by atoms with E-state index in [0.29, 0.717) is 18.1 Å². The van der Waals surface area contributed by atoms with Crippen molar-refractivity contribution in [3.63, 3.8) is 0 Å². The summed E-state index contributed by atoms with van der Waals surface area (Å²) in [5.41, 5.74) is 7.13. The van der Waals surface area contributed by atoms with Crippen molar-refractivity contribution in [2.24, 2.45) is 0 Å². The van der Waals surface area contributed by atoms with Gasteiger partial charge < -0.3 is 5.73 Å². The number of anilines is 1. The molecule has 96 valence electrons. The molecular weight excluding hydrogens is 252 g/mol. The maximum absolute atomic E-state index is 11.0. The van der Waals surface area contributed by atoms with E-state index in [1.165, 1.54) is 17.3 Å². The van der Waals surface area contributed by atoms with Crippen LogP contribution in [0.4, 0.5) is 5.69 Å². The minimum Gasteiger partial charge on any atom is -0.399 e. The summed E-state index contributed by atoms with van der Waals surface area (Å²) < 4.78 is 23.6. The zero-order valence-corrected chi connectivity index (χ0v) is 10.8. The lowest BCUT2D eigenvalue weighted by molar-refractivity contribution is 0.586. The highest BCUT2D eigenvalue weighted by Crippen LogP contribution is 2.16. The van der Waals surface area contributed by atoms with Crippen LogP contribution in [0.15, 0.2) is 30.6 Å². The first-order chi connectivity index (χ1) is 8.44. The first-order valence-corrected chi connectivity index (χ1v) is 7.43. The number of nitrogen functional groups attached to an aromatic ring is 1. The second-order valence-electron chi connectivity index (χ2n) is 4.09. The van der Waals surface area contributed by atoms with Gasteiger partial charge >= 0.3 is 0 Å². The van der Waals surface area contributed by atoms with E-state index in [-0.39, 0.29) is 5.75 Å². The molecule has 7 heteroatoms. The van der Waals surface area contributed by atoms with E-state index in [0.717, 1.165) is 5.56 Å². The normalized spacial score (nSPS) is 11.6. The zero-order chi connectivity index (χ0) is 13.2. The number of hydrogen-bond donors (Lipinski definition) is 1. The Morgan fingerprint density at radius 3 is 2.83 bits per heavy atom. The Morgan fingerprint density at radius 2 is 2.17 bits per heavy atom. The van der Waals surface area contributed by atoms with Crippen LogP contribution < -0.4 is 5.73 Å². The average Bonchev–Trinajstić information content (AvgIpc) is 2.74.